The van der Waals surface area contributed by atoms with Crippen LogP contribution in [0.25, 0.3) is 22.4 Å². The molecule has 0 radical (unpaired) electrons. The normalized spacial score (nSPS) is 10.8. The third-order valence-corrected chi connectivity index (χ3v) is 4.46. The fraction of sp³-hybridized carbons (Fsp3) is 0.190. The quantitative estimate of drug-likeness (QED) is 0.494. The van der Waals surface area contributed by atoms with Crippen molar-refractivity contribution in [1.29, 1.82) is 0 Å². The van der Waals surface area contributed by atoms with E-state index in [-0.39, 0.29) is 18.2 Å². The first kappa shape index (κ1) is 19.3. The first-order valence-electron chi connectivity index (χ1n) is 9.02. The molecule has 0 aliphatic carbocycles. The molecule has 2 aromatic carbocycles. The molecule has 2 heterocycles. The van der Waals surface area contributed by atoms with Crippen LogP contribution in [0.1, 0.15) is 16.4 Å². The minimum absolute atomic E-state index is 0.0489. The number of methoxy groups -OCH3 is 3. The number of benzene rings is 2. The van der Waals surface area contributed by atoms with Gasteiger partial charge in [0.25, 0.3) is 5.91 Å². The summed E-state index contributed by atoms with van der Waals surface area (Å²) < 4.78 is 26.6. The number of hydrogen-bond acceptors (Lipinski definition) is 8. The lowest BCUT2D eigenvalue weighted by Gasteiger charge is -2.07. The van der Waals surface area contributed by atoms with Crippen LogP contribution in [0.3, 0.4) is 0 Å². The van der Waals surface area contributed by atoms with Crippen molar-refractivity contribution in [2.24, 2.45) is 0 Å². The zero-order chi connectivity index (χ0) is 21.1. The Bertz CT molecular complexity index is 1200. The highest BCUT2D eigenvalue weighted by atomic mass is 16.5. The van der Waals surface area contributed by atoms with Crippen LogP contribution in [0.5, 0.6) is 17.2 Å². The summed E-state index contributed by atoms with van der Waals surface area (Å²) in [6.45, 7) is 0.0489. The molecule has 0 aliphatic rings. The number of hydrogen-bond donors (Lipinski definition) is 1. The summed E-state index contributed by atoms with van der Waals surface area (Å²) in [5.41, 5.74) is 1.21. The maximum Gasteiger partial charge on any atom is 0.287 e. The zero-order valence-electron chi connectivity index (χ0n) is 16.6. The number of carbonyl (C=O) groups excluding carboxylic acids is 1. The van der Waals surface area contributed by atoms with Gasteiger partial charge in [-0.2, -0.15) is 4.98 Å². The molecule has 9 heteroatoms. The van der Waals surface area contributed by atoms with Crippen molar-refractivity contribution in [3.8, 4) is 28.6 Å². The van der Waals surface area contributed by atoms with Crippen LogP contribution in [0.4, 0.5) is 0 Å². The third kappa shape index (κ3) is 3.64. The number of carbonyl (C=O) groups is 1. The Labute approximate surface area is 171 Å². The molecule has 30 heavy (non-hydrogen) atoms. The third-order valence-electron chi connectivity index (χ3n) is 4.46. The lowest BCUT2D eigenvalue weighted by molar-refractivity contribution is 0.0920. The predicted octanol–water partition coefficient (Wildman–Crippen LogP) is 3.44. The van der Waals surface area contributed by atoms with Crippen molar-refractivity contribution >= 4 is 16.9 Å². The molecule has 0 spiro atoms. The van der Waals surface area contributed by atoms with Gasteiger partial charge in [0.15, 0.2) is 28.6 Å². The minimum Gasteiger partial charge on any atom is -0.493 e. The Morgan fingerprint density at radius 3 is 2.57 bits per heavy atom. The molecule has 0 atom stereocenters. The van der Waals surface area contributed by atoms with Crippen LogP contribution in [0, 0.1) is 0 Å². The molecular weight excluding hydrogens is 390 g/mol. The van der Waals surface area contributed by atoms with Gasteiger partial charge in [0.2, 0.25) is 11.7 Å². The molecule has 1 amide bonds. The molecule has 9 nitrogen and oxygen atoms in total. The highest BCUT2D eigenvalue weighted by molar-refractivity contribution is 5.97. The minimum atomic E-state index is -0.404. The van der Waals surface area contributed by atoms with Gasteiger partial charge in [-0.15, -0.1) is 0 Å². The number of furan rings is 1. The maximum absolute atomic E-state index is 12.5. The molecule has 0 aliphatic heterocycles. The van der Waals surface area contributed by atoms with Gasteiger partial charge in [-0.1, -0.05) is 17.3 Å². The van der Waals surface area contributed by atoms with Gasteiger partial charge in [-0.25, -0.2) is 0 Å². The van der Waals surface area contributed by atoms with Gasteiger partial charge in [0, 0.05) is 10.9 Å². The number of fused-ring (bicyclic) bond motifs is 1. The van der Waals surface area contributed by atoms with E-state index in [4.69, 9.17) is 23.2 Å². The number of amides is 1. The standard InChI is InChI=1S/C21H19N3O6/c1-26-14-8-7-13(10-16(14)28-3)20-23-18(30-24-20)11-22-21(25)17-9-12-5-4-6-15(27-2)19(12)29-17/h4-10H,11H2,1-3H3,(H,22,25). The van der Waals surface area contributed by atoms with E-state index in [2.05, 4.69) is 15.5 Å². The van der Waals surface area contributed by atoms with Crippen LogP contribution in [-0.2, 0) is 6.54 Å². The molecule has 2 aromatic heterocycles. The molecular formula is C21H19N3O6. The Kier molecular flexibility index (Phi) is 5.25. The highest BCUT2D eigenvalue weighted by Crippen LogP contribution is 2.31. The maximum atomic E-state index is 12.5. The molecule has 0 unspecified atom stereocenters. The monoisotopic (exact) mass is 409 g/mol. The van der Waals surface area contributed by atoms with E-state index in [9.17, 15) is 4.79 Å². The fourth-order valence-corrected chi connectivity index (χ4v) is 2.97. The second-order valence-corrected chi connectivity index (χ2v) is 6.25. The van der Waals surface area contributed by atoms with E-state index in [1.54, 1.807) is 51.7 Å². The summed E-state index contributed by atoms with van der Waals surface area (Å²) in [6.07, 6.45) is 0. The number of ether oxygens (including phenoxy) is 3. The van der Waals surface area contributed by atoms with Crippen LogP contribution >= 0.6 is 0 Å². The molecule has 1 N–H and O–H groups in total. The number of aromatic nitrogens is 2. The second kappa shape index (κ2) is 8.16. The van der Waals surface area contributed by atoms with Gasteiger partial charge >= 0.3 is 0 Å². The summed E-state index contributed by atoms with van der Waals surface area (Å²) in [5, 5.41) is 7.43. The molecule has 0 fully saturated rings. The van der Waals surface area contributed by atoms with Gasteiger partial charge in [-0.3, -0.25) is 4.79 Å². The average molecular weight is 409 g/mol. The molecule has 0 saturated carbocycles. The van der Waals surface area contributed by atoms with E-state index in [0.29, 0.717) is 34.2 Å². The summed E-state index contributed by atoms with van der Waals surface area (Å²) in [4.78, 5) is 16.8. The highest BCUT2D eigenvalue weighted by Gasteiger charge is 2.17. The van der Waals surface area contributed by atoms with E-state index in [0.717, 1.165) is 5.39 Å². The van der Waals surface area contributed by atoms with Crippen molar-refractivity contribution < 1.29 is 27.9 Å². The van der Waals surface area contributed by atoms with Gasteiger partial charge < -0.3 is 28.5 Å². The molecule has 154 valence electrons. The van der Waals surface area contributed by atoms with Crippen LogP contribution < -0.4 is 19.5 Å². The topological polar surface area (TPSA) is 109 Å². The van der Waals surface area contributed by atoms with Crippen molar-refractivity contribution in [2.75, 3.05) is 21.3 Å². The Balaban J connectivity index is 1.46. The van der Waals surface area contributed by atoms with Gasteiger partial charge in [-0.05, 0) is 30.3 Å². The fourth-order valence-electron chi connectivity index (χ4n) is 2.97. The number of para-hydroxylation sites is 1. The summed E-state index contributed by atoms with van der Waals surface area (Å²) in [5.74, 6) is 2.08. The molecule has 0 bridgehead atoms. The summed E-state index contributed by atoms with van der Waals surface area (Å²) >= 11 is 0. The number of nitrogens with zero attached hydrogens (tertiary/aromatic N) is 2. The average Bonchev–Trinajstić information content (AvgIpc) is 3.44. The Hall–Kier alpha value is -4.01. The number of nitrogens with one attached hydrogen (secondary N) is 1. The zero-order valence-corrected chi connectivity index (χ0v) is 16.6. The van der Waals surface area contributed by atoms with Crippen LogP contribution in [-0.4, -0.2) is 37.4 Å². The first-order chi connectivity index (χ1) is 14.6. The van der Waals surface area contributed by atoms with Gasteiger partial charge in [0.1, 0.15) is 0 Å². The van der Waals surface area contributed by atoms with Crippen molar-refractivity contribution in [3.63, 3.8) is 0 Å². The number of rotatable bonds is 7. The van der Waals surface area contributed by atoms with Crippen molar-refractivity contribution in [2.45, 2.75) is 6.54 Å². The Morgan fingerprint density at radius 2 is 1.80 bits per heavy atom. The van der Waals surface area contributed by atoms with Crippen molar-refractivity contribution in [3.05, 3.63) is 54.1 Å². The molecule has 4 aromatic rings. The SMILES string of the molecule is COc1ccc(-c2noc(CNC(=O)c3cc4cccc(OC)c4o3)n2)cc1OC. The Morgan fingerprint density at radius 1 is 1.00 bits per heavy atom. The van der Waals surface area contributed by atoms with E-state index in [1.807, 2.05) is 12.1 Å². The van der Waals surface area contributed by atoms with E-state index in [1.165, 1.54) is 0 Å². The smallest absolute Gasteiger partial charge is 0.287 e. The van der Waals surface area contributed by atoms with Crippen LogP contribution in [0.2, 0.25) is 0 Å². The van der Waals surface area contributed by atoms with E-state index >= 15 is 0 Å². The summed E-state index contributed by atoms with van der Waals surface area (Å²) in [6, 6.07) is 12.4. The summed E-state index contributed by atoms with van der Waals surface area (Å²) in [7, 11) is 4.65. The van der Waals surface area contributed by atoms with Crippen LogP contribution in [0.15, 0.2) is 51.4 Å². The predicted molar refractivity (Wildman–Crippen MR) is 107 cm³/mol. The largest absolute Gasteiger partial charge is 0.493 e. The van der Waals surface area contributed by atoms with E-state index < -0.39 is 5.91 Å². The van der Waals surface area contributed by atoms with Gasteiger partial charge in [0.05, 0.1) is 27.9 Å². The molecule has 4 rings (SSSR count). The lowest BCUT2D eigenvalue weighted by Crippen LogP contribution is -2.22. The van der Waals surface area contributed by atoms with Crippen molar-refractivity contribution in [1.82, 2.24) is 15.5 Å². The molecule has 0 saturated heterocycles. The lowest BCUT2D eigenvalue weighted by atomic mass is 10.2. The first-order valence-corrected chi connectivity index (χ1v) is 9.02. The second-order valence-electron chi connectivity index (χ2n) is 6.25.